The lowest BCUT2D eigenvalue weighted by Gasteiger charge is -2.38. The third-order valence-electron chi connectivity index (χ3n) is 10.2. The Labute approximate surface area is 295 Å². The Morgan fingerprint density at radius 3 is 2.22 bits per heavy atom. The maximum atomic E-state index is 16.3. The Hall–Kier alpha value is -4.94. The molecule has 1 unspecified atom stereocenters. The normalized spacial score (nSPS) is 16.9. The van der Waals surface area contributed by atoms with Crippen LogP contribution in [0.4, 0.5) is 8.78 Å². The van der Waals surface area contributed by atoms with Gasteiger partial charge in [-0.2, -0.15) is 0 Å². The predicted molar refractivity (Wildman–Crippen MR) is 200 cm³/mol. The van der Waals surface area contributed by atoms with Gasteiger partial charge in [-0.05, 0) is 101 Å². The number of ether oxygens (including phenoxy) is 3. The Kier molecular flexibility index (Phi) is 7.83. The molecule has 1 aromatic heterocycles. The molecule has 252 valence electrons. The fraction of sp³-hybridized carbons (Fsp3) is 0.227. The van der Waals surface area contributed by atoms with Gasteiger partial charge in [-0.15, -0.1) is 11.3 Å². The summed E-state index contributed by atoms with van der Waals surface area (Å²) in [6.45, 7) is 9.27. The van der Waals surface area contributed by atoms with Crippen molar-refractivity contribution >= 4 is 28.2 Å². The maximum Gasteiger partial charge on any atom is 0.178 e. The van der Waals surface area contributed by atoms with Crippen LogP contribution in [0.25, 0.3) is 38.4 Å². The number of halogens is 2. The molecule has 0 saturated carbocycles. The zero-order valence-corrected chi connectivity index (χ0v) is 29.6. The number of hydrogen-bond acceptors (Lipinski definition) is 4. The van der Waals surface area contributed by atoms with Gasteiger partial charge in [-0.1, -0.05) is 69.7 Å². The predicted octanol–water partition coefficient (Wildman–Crippen LogP) is 12.0. The highest BCUT2D eigenvalue weighted by Crippen LogP contribution is 2.59. The first-order valence-electron chi connectivity index (χ1n) is 17.1. The average molecular weight is 685 g/mol. The van der Waals surface area contributed by atoms with Gasteiger partial charge in [-0.25, -0.2) is 8.78 Å². The van der Waals surface area contributed by atoms with Crippen LogP contribution >= 0.6 is 11.3 Å². The van der Waals surface area contributed by atoms with Gasteiger partial charge < -0.3 is 14.2 Å². The molecule has 6 aromatic rings. The number of fused-ring (bicyclic) bond motifs is 8. The van der Waals surface area contributed by atoms with Gasteiger partial charge in [0, 0.05) is 37.9 Å². The summed E-state index contributed by atoms with van der Waals surface area (Å²) in [6.07, 6.45) is 6.16. The molecule has 0 fully saturated rings. The summed E-state index contributed by atoms with van der Waals surface area (Å²) in [5.74, 6) is 0.599. The lowest BCUT2D eigenvalue weighted by atomic mass is 9.76. The quantitative estimate of drug-likeness (QED) is 0.149. The number of benzene rings is 5. The van der Waals surface area contributed by atoms with Crippen LogP contribution in [-0.4, -0.2) is 13.7 Å². The van der Waals surface area contributed by atoms with Crippen LogP contribution in [0, 0.1) is 18.6 Å². The first kappa shape index (κ1) is 32.3. The Morgan fingerprint density at radius 1 is 0.840 bits per heavy atom. The third kappa shape index (κ3) is 5.03. The Balaban J connectivity index is 1.36. The van der Waals surface area contributed by atoms with Gasteiger partial charge in [0.05, 0.1) is 19.1 Å². The zero-order chi connectivity index (χ0) is 34.8. The zero-order valence-electron chi connectivity index (χ0n) is 28.8. The van der Waals surface area contributed by atoms with Crippen LogP contribution in [0.5, 0.6) is 17.2 Å². The summed E-state index contributed by atoms with van der Waals surface area (Å²) in [6, 6.07) is 28.8. The highest BCUT2D eigenvalue weighted by molar-refractivity contribution is 7.15. The summed E-state index contributed by atoms with van der Waals surface area (Å²) in [7, 11) is 1.63. The fourth-order valence-corrected chi connectivity index (χ4v) is 8.58. The molecule has 2 aliphatic rings. The number of thiophene rings is 1. The van der Waals surface area contributed by atoms with Crippen molar-refractivity contribution in [1.82, 2.24) is 0 Å². The topological polar surface area (TPSA) is 27.7 Å². The van der Waals surface area contributed by atoms with Crippen LogP contribution in [0.3, 0.4) is 0 Å². The number of methoxy groups -OCH3 is 1. The molecule has 5 aromatic carbocycles. The highest BCUT2D eigenvalue weighted by Gasteiger charge is 2.45. The van der Waals surface area contributed by atoms with Crippen molar-refractivity contribution in [1.29, 1.82) is 0 Å². The summed E-state index contributed by atoms with van der Waals surface area (Å²) < 4.78 is 50.3. The number of hydrogen-bond donors (Lipinski definition) is 0. The molecular weight excluding hydrogens is 647 g/mol. The van der Waals surface area contributed by atoms with Crippen molar-refractivity contribution in [2.45, 2.75) is 51.6 Å². The van der Waals surface area contributed by atoms with E-state index in [2.05, 4.69) is 70.2 Å². The van der Waals surface area contributed by atoms with Gasteiger partial charge in [0.15, 0.2) is 5.60 Å². The van der Waals surface area contributed by atoms with Gasteiger partial charge in [0.1, 0.15) is 28.9 Å². The molecule has 3 nitrogen and oxygen atoms in total. The fourth-order valence-electron chi connectivity index (χ4n) is 7.71. The van der Waals surface area contributed by atoms with E-state index in [9.17, 15) is 0 Å². The number of aryl methyl sites for hydroxylation is 1. The highest BCUT2D eigenvalue weighted by atomic mass is 32.1. The summed E-state index contributed by atoms with van der Waals surface area (Å²) >= 11 is 1.76. The van der Waals surface area contributed by atoms with E-state index < -0.39 is 22.7 Å². The van der Waals surface area contributed by atoms with Crippen LogP contribution in [0.1, 0.15) is 66.3 Å². The SMILES string of the molecule is CCCCOc1ccc(C2(c3ccc(OC)cc3)C=Cc3c4c(c5cc(F)cc(F)c5c3O2)-c2ccc(-c3ccc(C)s3)cc2C4(C)C)cc1. The molecule has 50 heavy (non-hydrogen) atoms. The molecule has 0 saturated heterocycles. The standard InChI is InChI=1S/C44H38F2O3S/c1-6-7-22-48-32-16-12-29(13-17-32)44(28-10-14-31(47-5)15-11-28)21-20-34-41-39(35-24-30(45)25-37(46)40(35)42(34)49-44)33-18-9-27(23-36(33)43(41,3)4)38-19-8-26(2)50-38/h8-21,23-25H,6-7,22H2,1-5H3. The van der Waals surface area contributed by atoms with Crippen LogP contribution in [0.15, 0.2) is 97.1 Å². The van der Waals surface area contributed by atoms with E-state index in [4.69, 9.17) is 14.2 Å². The molecule has 2 heterocycles. The monoisotopic (exact) mass is 684 g/mol. The molecule has 0 N–H and O–H groups in total. The lowest BCUT2D eigenvalue weighted by Crippen LogP contribution is -2.35. The van der Waals surface area contributed by atoms with E-state index in [-0.39, 0.29) is 5.39 Å². The summed E-state index contributed by atoms with van der Waals surface area (Å²) in [5.41, 5.74) is 5.97. The summed E-state index contributed by atoms with van der Waals surface area (Å²) in [5, 5.41) is 0.768. The second kappa shape index (κ2) is 12.1. The molecule has 0 spiro atoms. The van der Waals surface area contributed by atoms with Crippen LogP contribution < -0.4 is 14.2 Å². The average Bonchev–Trinajstić information content (AvgIpc) is 3.66. The molecule has 1 aliphatic heterocycles. The van der Waals surface area contributed by atoms with Crippen LogP contribution in [-0.2, 0) is 11.0 Å². The second-order valence-corrected chi connectivity index (χ2v) is 15.0. The van der Waals surface area contributed by atoms with Crippen LogP contribution in [0.2, 0.25) is 0 Å². The minimum Gasteiger partial charge on any atom is -0.497 e. The molecule has 6 heteroatoms. The van der Waals surface area contributed by atoms with Gasteiger partial charge >= 0.3 is 0 Å². The van der Waals surface area contributed by atoms with Crippen molar-refractivity contribution in [3.8, 4) is 38.8 Å². The van der Waals surface area contributed by atoms with Crippen molar-refractivity contribution in [2.75, 3.05) is 13.7 Å². The first-order valence-corrected chi connectivity index (χ1v) is 17.9. The minimum atomic E-state index is -1.12. The van der Waals surface area contributed by atoms with Crippen molar-refractivity contribution in [3.63, 3.8) is 0 Å². The molecule has 8 rings (SSSR count). The van der Waals surface area contributed by atoms with Gasteiger partial charge in [-0.3, -0.25) is 0 Å². The molecule has 1 aliphatic carbocycles. The van der Waals surface area contributed by atoms with Gasteiger partial charge in [0.25, 0.3) is 0 Å². The van der Waals surface area contributed by atoms with Crippen molar-refractivity contribution in [3.05, 3.63) is 141 Å². The van der Waals surface area contributed by atoms with E-state index in [1.807, 2.05) is 48.5 Å². The molecular formula is C44H38F2O3S. The first-order chi connectivity index (χ1) is 24.1. The number of unbranched alkanes of at least 4 members (excludes halogenated alkanes) is 1. The maximum absolute atomic E-state index is 16.3. The Morgan fingerprint density at radius 2 is 1.56 bits per heavy atom. The van der Waals surface area contributed by atoms with E-state index in [0.717, 1.165) is 69.2 Å². The largest absolute Gasteiger partial charge is 0.497 e. The Bertz CT molecular complexity index is 2300. The van der Waals surface area contributed by atoms with E-state index >= 15 is 8.78 Å². The molecule has 0 amide bonds. The molecule has 0 radical (unpaired) electrons. The lowest BCUT2D eigenvalue weighted by molar-refractivity contribution is 0.162. The van der Waals surface area contributed by atoms with E-state index in [0.29, 0.717) is 23.5 Å². The second-order valence-electron chi connectivity index (χ2n) is 13.7. The molecule has 0 bridgehead atoms. The van der Waals surface area contributed by atoms with Crippen molar-refractivity contribution in [2.24, 2.45) is 0 Å². The third-order valence-corrected chi connectivity index (χ3v) is 11.3. The van der Waals surface area contributed by atoms with Crippen molar-refractivity contribution < 1.29 is 23.0 Å². The number of rotatable bonds is 8. The molecule has 1 atom stereocenters. The van der Waals surface area contributed by atoms with E-state index in [1.54, 1.807) is 18.4 Å². The van der Waals surface area contributed by atoms with E-state index in [1.165, 1.54) is 15.8 Å². The minimum absolute atomic E-state index is 0.267. The summed E-state index contributed by atoms with van der Waals surface area (Å²) in [4.78, 5) is 2.44. The smallest absolute Gasteiger partial charge is 0.178 e. The van der Waals surface area contributed by atoms with Gasteiger partial charge in [0.2, 0.25) is 0 Å².